The Kier molecular flexibility index (Phi) is 6.95. The molecule has 0 aliphatic rings. The zero-order chi connectivity index (χ0) is 20.0. The van der Waals surface area contributed by atoms with Crippen LogP contribution in [0, 0.1) is 17.5 Å². The molecule has 2 amide bonds. The van der Waals surface area contributed by atoms with Gasteiger partial charge < -0.3 is 15.5 Å². The quantitative estimate of drug-likeness (QED) is 0.681. The van der Waals surface area contributed by atoms with Gasteiger partial charge in [0.2, 0.25) is 0 Å². The van der Waals surface area contributed by atoms with Crippen LogP contribution in [0.15, 0.2) is 42.5 Å². The SMILES string of the molecule is C[C@@H](NC(=O)C[NH+](C)CC(=O)Nc1cccc(F)c1)c1ccc(F)cc1F. The molecule has 144 valence electrons. The first-order valence-electron chi connectivity index (χ1n) is 8.35. The second-order valence-electron chi connectivity index (χ2n) is 6.32. The van der Waals surface area contributed by atoms with E-state index in [1.807, 2.05) is 0 Å². The molecule has 0 fully saturated rings. The first-order valence-corrected chi connectivity index (χ1v) is 8.35. The minimum absolute atomic E-state index is 0.0107. The number of quaternary nitrogens is 1. The molecular weight excluding hydrogens is 359 g/mol. The van der Waals surface area contributed by atoms with Gasteiger partial charge in [0, 0.05) is 17.3 Å². The lowest BCUT2D eigenvalue weighted by Gasteiger charge is -2.17. The number of rotatable bonds is 7. The highest BCUT2D eigenvalue weighted by atomic mass is 19.1. The lowest BCUT2D eigenvalue weighted by Crippen LogP contribution is -3.11. The first kappa shape index (κ1) is 20.4. The van der Waals surface area contributed by atoms with Crippen molar-refractivity contribution in [3.63, 3.8) is 0 Å². The molecule has 27 heavy (non-hydrogen) atoms. The molecule has 0 bridgehead atoms. The van der Waals surface area contributed by atoms with Gasteiger partial charge in [-0.05, 0) is 31.2 Å². The van der Waals surface area contributed by atoms with Crippen LogP contribution in [0.25, 0.3) is 0 Å². The summed E-state index contributed by atoms with van der Waals surface area (Å²) in [6.07, 6.45) is 0. The van der Waals surface area contributed by atoms with Crippen LogP contribution in [-0.4, -0.2) is 32.0 Å². The molecule has 0 spiro atoms. The Labute approximate surface area is 155 Å². The molecule has 0 saturated carbocycles. The van der Waals surface area contributed by atoms with Gasteiger partial charge in [-0.3, -0.25) is 9.59 Å². The fraction of sp³-hybridized carbons (Fsp3) is 0.263. The molecule has 3 N–H and O–H groups in total. The van der Waals surface area contributed by atoms with Crippen molar-refractivity contribution in [3.8, 4) is 0 Å². The Morgan fingerprint density at radius 1 is 1.00 bits per heavy atom. The number of carbonyl (C=O) groups is 2. The molecule has 0 saturated heterocycles. The zero-order valence-electron chi connectivity index (χ0n) is 15.0. The van der Waals surface area contributed by atoms with Crippen molar-refractivity contribution >= 4 is 17.5 Å². The van der Waals surface area contributed by atoms with Crippen molar-refractivity contribution < 1.29 is 27.7 Å². The largest absolute Gasteiger partial charge is 0.345 e. The molecular formula is C19H21F3N3O2+. The van der Waals surface area contributed by atoms with Gasteiger partial charge >= 0.3 is 0 Å². The van der Waals surface area contributed by atoms with E-state index in [1.54, 1.807) is 20.0 Å². The summed E-state index contributed by atoms with van der Waals surface area (Å²) in [4.78, 5) is 24.6. The molecule has 5 nitrogen and oxygen atoms in total. The molecule has 2 rings (SSSR count). The molecule has 0 aliphatic carbocycles. The average molecular weight is 380 g/mol. The third-order valence-corrected chi connectivity index (χ3v) is 3.84. The van der Waals surface area contributed by atoms with Gasteiger partial charge in [0.15, 0.2) is 13.1 Å². The zero-order valence-corrected chi connectivity index (χ0v) is 15.0. The lowest BCUT2D eigenvalue weighted by atomic mass is 10.1. The highest BCUT2D eigenvalue weighted by Crippen LogP contribution is 2.17. The molecule has 0 heterocycles. The third kappa shape index (κ3) is 6.41. The summed E-state index contributed by atoms with van der Waals surface area (Å²) in [7, 11) is 1.65. The van der Waals surface area contributed by atoms with Crippen LogP contribution in [0.2, 0.25) is 0 Å². The Bertz CT molecular complexity index is 830. The van der Waals surface area contributed by atoms with E-state index in [0.717, 1.165) is 12.1 Å². The van der Waals surface area contributed by atoms with Crippen LogP contribution in [-0.2, 0) is 9.59 Å². The van der Waals surface area contributed by atoms with Gasteiger partial charge in [0.05, 0.1) is 13.1 Å². The van der Waals surface area contributed by atoms with E-state index >= 15 is 0 Å². The molecule has 0 aromatic heterocycles. The third-order valence-electron chi connectivity index (χ3n) is 3.84. The molecule has 2 aromatic rings. The summed E-state index contributed by atoms with van der Waals surface area (Å²) in [6, 6.07) is 8.00. The van der Waals surface area contributed by atoms with Gasteiger partial charge in [-0.25, -0.2) is 13.2 Å². The summed E-state index contributed by atoms with van der Waals surface area (Å²) in [5.74, 6) is -2.65. The molecule has 8 heteroatoms. The van der Waals surface area contributed by atoms with Gasteiger partial charge in [0.25, 0.3) is 11.8 Å². The van der Waals surface area contributed by atoms with E-state index in [2.05, 4.69) is 10.6 Å². The standard InChI is InChI=1S/C19H20F3N3O2/c1-12(16-7-6-14(21)9-17(16)22)23-18(26)10-25(2)11-19(27)24-15-5-3-4-13(20)8-15/h3-9,12H,10-11H2,1-2H3,(H,23,26)(H,24,27)/p+1/t12-/m1/s1. The highest BCUT2D eigenvalue weighted by Gasteiger charge is 2.18. The number of anilines is 1. The van der Waals surface area contributed by atoms with E-state index in [9.17, 15) is 22.8 Å². The summed E-state index contributed by atoms with van der Waals surface area (Å²) in [6.45, 7) is 1.55. The van der Waals surface area contributed by atoms with Crippen LogP contribution in [0.1, 0.15) is 18.5 Å². The van der Waals surface area contributed by atoms with Crippen molar-refractivity contribution in [2.75, 3.05) is 25.5 Å². The summed E-state index contributed by atoms with van der Waals surface area (Å²) in [5, 5.41) is 5.16. The normalized spacial score (nSPS) is 12.9. The predicted molar refractivity (Wildman–Crippen MR) is 94.6 cm³/mol. The highest BCUT2D eigenvalue weighted by molar-refractivity contribution is 5.91. The summed E-state index contributed by atoms with van der Waals surface area (Å²) >= 11 is 0. The Morgan fingerprint density at radius 3 is 2.33 bits per heavy atom. The fourth-order valence-corrected chi connectivity index (χ4v) is 2.61. The monoisotopic (exact) mass is 380 g/mol. The lowest BCUT2D eigenvalue weighted by molar-refractivity contribution is -0.862. The van der Waals surface area contributed by atoms with Gasteiger partial charge in [-0.2, -0.15) is 0 Å². The number of amides is 2. The van der Waals surface area contributed by atoms with E-state index < -0.39 is 23.5 Å². The maximum Gasteiger partial charge on any atom is 0.279 e. The van der Waals surface area contributed by atoms with Gasteiger partial charge in [-0.1, -0.05) is 12.1 Å². The smallest absolute Gasteiger partial charge is 0.279 e. The van der Waals surface area contributed by atoms with Crippen LogP contribution >= 0.6 is 0 Å². The van der Waals surface area contributed by atoms with Crippen LogP contribution in [0.4, 0.5) is 18.9 Å². The van der Waals surface area contributed by atoms with E-state index in [1.165, 1.54) is 24.3 Å². The van der Waals surface area contributed by atoms with Gasteiger partial charge in [-0.15, -0.1) is 0 Å². The summed E-state index contributed by atoms with van der Waals surface area (Å²) < 4.78 is 39.8. The molecule has 0 aliphatic heterocycles. The predicted octanol–water partition coefficient (Wildman–Crippen LogP) is 1.43. The minimum Gasteiger partial charge on any atom is -0.345 e. The molecule has 2 aromatic carbocycles. The molecule has 1 unspecified atom stereocenters. The number of benzene rings is 2. The number of carbonyl (C=O) groups excluding carboxylic acids is 2. The topological polar surface area (TPSA) is 62.6 Å². The Hall–Kier alpha value is -2.87. The maximum atomic E-state index is 13.7. The van der Waals surface area contributed by atoms with Crippen molar-refractivity contribution in [3.05, 3.63) is 65.5 Å². The first-order chi connectivity index (χ1) is 12.7. The van der Waals surface area contributed by atoms with E-state index in [0.29, 0.717) is 10.6 Å². The van der Waals surface area contributed by atoms with Gasteiger partial charge in [0.1, 0.15) is 17.5 Å². The number of halogens is 3. The Morgan fingerprint density at radius 2 is 1.67 bits per heavy atom. The van der Waals surface area contributed by atoms with Crippen molar-refractivity contribution in [1.29, 1.82) is 0 Å². The number of hydrogen-bond acceptors (Lipinski definition) is 2. The molecule has 2 atom stereocenters. The second kappa shape index (κ2) is 9.18. The van der Waals surface area contributed by atoms with Crippen molar-refractivity contribution in [1.82, 2.24) is 5.32 Å². The average Bonchev–Trinajstić information content (AvgIpc) is 2.53. The number of likely N-dealkylation sites (N-methyl/N-ethyl adjacent to an activating group) is 1. The van der Waals surface area contributed by atoms with E-state index in [-0.39, 0.29) is 30.5 Å². The fourth-order valence-electron chi connectivity index (χ4n) is 2.61. The second-order valence-corrected chi connectivity index (χ2v) is 6.32. The van der Waals surface area contributed by atoms with Crippen LogP contribution in [0.5, 0.6) is 0 Å². The number of hydrogen-bond donors (Lipinski definition) is 3. The minimum atomic E-state index is -0.738. The van der Waals surface area contributed by atoms with Crippen molar-refractivity contribution in [2.45, 2.75) is 13.0 Å². The molecule has 0 radical (unpaired) electrons. The number of nitrogens with one attached hydrogen (secondary N) is 3. The van der Waals surface area contributed by atoms with Crippen LogP contribution < -0.4 is 15.5 Å². The van der Waals surface area contributed by atoms with Crippen LogP contribution in [0.3, 0.4) is 0 Å². The van der Waals surface area contributed by atoms with Crippen molar-refractivity contribution in [2.24, 2.45) is 0 Å². The summed E-state index contributed by atoms with van der Waals surface area (Å²) in [5.41, 5.74) is 0.504. The van der Waals surface area contributed by atoms with E-state index in [4.69, 9.17) is 0 Å². The Balaban J connectivity index is 1.83. The maximum absolute atomic E-state index is 13.7.